The molecule has 1 saturated carbocycles. The van der Waals surface area contributed by atoms with E-state index in [1.54, 1.807) is 9.80 Å². The van der Waals surface area contributed by atoms with Crippen LogP contribution in [0.3, 0.4) is 0 Å². The van der Waals surface area contributed by atoms with Crippen molar-refractivity contribution in [3.8, 4) is 0 Å². The standard InChI is InChI=1S/C10H12ClN.C9H19NO.C5H9NO.C5H11NO.C5H12/c11-10-3-1-8(2-4-10)9-5-6-12-7-9;1-9(2)5-3-8(4-6-9)10-7-11;7-5-6-3-1-2-4-6;1-3-6(4-2)5-7;1-5(2,3)4/h1-4,9,12H,5-7H2;8,10-11H,3-7H2,1-2H3;5H,1-4H2;5H,3-4H2,1-2H3;1-4H3. The molecule has 0 spiro atoms. The fourth-order valence-corrected chi connectivity index (χ4v) is 4.75. The number of likely N-dealkylation sites (tertiary alicyclic amines) is 1. The molecule has 2 saturated heterocycles. The van der Waals surface area contributed by atoms with Crippen molar-refractivity contribution in [2.45, 2.75) is 112 Å². The van der Waals surface area contributed by atoms with Gasteiger partial charge in [-0.25, -0.2) is 0 Å². The Hall–Kier alpha value is -1.67. The number of nitrogens with zero attached hydrogens (tertiary/aromatic N) is 2. The molecule has 2 aliphatic heterocycles. The summed E-state index contributed by atoms with van der Waals surface area (Å²) >= 11 is 5.80. The smallest absolute Gasteiger partial charge is 0.209 e. The van der Waals surface area contributed by atoms with Crippen molar-refractivity contribution in [2.75, 3.05) is 46.0 Å². The molecule has 244 valence electrons. The van der Waals surface area contributed by atoms with Crippen LogP contribution in [0, 0.1) is 10.8 Å². The molecule has 0 radical (unpaired) electrons. The van der Waals surface area contributed by atoms with E-state index in [1.165, 1.54) is 50.5 Å². The van der Waals surface area contributed by atoms with Gasteiger partial charge in [0.2, 0.25) is 12.8 Å². The summed E-state index contributed by atoms with van der Waals surface area (Å²) in [4.78, 5) is 23.3. The number of hydrogen-bond acceptors (Lipinski definition) is 5. The molecule has 3 N–H and O–H groups in total. The molecule has 1 atom stereocenters. The number of halogens is 1. The highest BCUT2D eigenvalue weighted by atomic mass is 35.5. The number of carbonyl (C=O) groups is 2. The third-order valence-electron chi connectivity index (χ3n) is 7.37. The van der Waals surface area contributed by atoms with Crippen molar-refractivity contribution in [1.29, 1.82) is 0 Å². The van der Waals surface area contributed by atoms with Crippen LogP contribution < -0.4 is 10.6 Å². The summed E-state index contributed by atoms with van der Waals surface area (Å²) in [6, 6.07) is 8.75. The van der Waals surface area contributed by atoms with Gasteiger partial charge in [-0.15, -0.1) is 0 Å². The first-order valence-corrected chi connectivity index (χ1v) is 16.3. The second-order valence-electron chi connectivity index (χ2n) is 13.7. The molecule has 1 aromatic rings. The summed E-state index contributed by atoms with van der Waals surface area (Å²) in [5.41, 5.74) is 2.44. The lowest BCUT2D eigenvalue weighted by Crippen LogP contribution is -2.35. The predicted octanol–water partition coefficient (Wildman–Crippen LogP) is 6.69. The average molecular weight is 611 g/mol. The number of nitrogens with one attached hydrogen (secondary N) is 2. The Morgan fingerprint density at radius 3 is 1.88 bits per heavy atom. The van der Waals surface area contributed by atoms with E-state index in [-0.39, 0.29) is 6.73 Å². The number of amides is 2. The lowest BCUT2D eigenvalue weighted by molar-refractivity contribution is -0.118. The molecule has 0 bridgehead atoms. The SMILES string of the molecule is CC(C)(C)C.CC1(C)CCC(NCO)CC1.CCN(C=O)CC.Clc1ccc(C2CCNC2)cc1.O=CN1CCCC1. The topological polar surface area (TPSA) is 84.9 Å². The maximum Gasteiger partial charge on any atom is 0.209 e. The van der Waals surface area contributed by atoms with Gasteiger partial charge in [-0.05, 0) is 99.8 Å². The van der Waals surface area contributed by atoms with Gasteiger partial charge in [0.1, 0.15) is 0 Å². The molecule has 3 fully saturated rings. The van der Waals surface area contributed by atoms with Gasteiger partial charge in [-0.3, -0.25) is 14.9 Å². The first-order chi connectivity index (χ1) is 19.8. The van der Waals surface area contributed by atoms with Gasteiger partial charge >= 0.3 is 0 Å². The van der Waals surface area contributed by atoms with Crippen LogP contribution in [0.25, 0.3) is 0 Å². The first-order valence-electron chi connectivity index (χ1n) is 16.0. The van der Waals surface area contributed by atoms with Crippen molar-refractivity contribution in [3.05, 3.63) is 34.9 Å². The number of rotatable bonds is 7. The summed E-state index contributed by atoms with van der Waals surface area (Å²) in [5, 5.41) is 15.9. The van der Waals surface area contributed by atoms with Gasteiger partial charge in [-0.2, -0.15) is 0 Å². The molecule has 1 aromatic carbocycles. The van der Waals surface area contributed by atoms with Crippen molar-refractivity contribution in [2.24, 2.45) is 10.8 Å². The zero-order valence-electron chi connectivity index (χ0n) is 28.1. The van der Waals surface area contributed by atoms with Gasteiger partial charge in [0.25, 0.3) is 0 Å². The summed E-state index contributed by atoms with van der Waals surface area (Å²) in [6.07, 6.45) is 10.4. The number of aliphatic hydroxyl groups excluding tert-OH is 1. The number of hydrogen-bond donors (Lipinski definition) is 3. The Morgan fingerprint density at radius 2 is 1.55 bits per heavy atom. The molecule has 7 nitrogen and oxygen atoms in total. The molecule has 0 aromatic heterocycles. The molecule has 2 amide bonds. The molecule has 8 heteroatoms. The van der Waals surface area contributed by atoms with Crippen molar-refractivity contribution in [1.82, 2.24) is 20.4 Å². The second-order valence-corrected chi connectivity index (χ2v) is 14.2. The summed E-state index contributed by atoms with van der Waals surface area (Å²) in [7, 11) is 0. The Labute approximate surface area is 263 Å². The largest absolute Gasteiger partial charge is 0.381 e. The minimum atomic E-state index is 0.130. The van der Waals surface area contributed by atoms with E-state index >= 15 is 0 Å². The Bertz CT molecular complexity index is 776. The van der Waals surface area contributed by atoms with Gasteiger partial charge in [0, 0.05) is 43.8 Å². The normalized spacial score (nSPS) is 19.4. The van der Waals surface area contributed by atoms with Gasteiger partial charge in [-0.1, -0.05) is 65.3 Å². The van der Waals surface area contributed by atoms with E-state index in [1.807, 2.05) is 26.0 Å². The Balaban J connectivity index is 0.000000520. The van der Waals surface area contributed by atoms with Gasteiger partial charge in [0.15, 0.2) is 0 Å². The van der Waals surface area contributed by atoms with Crippen molar-refractivity contribution >= 4 is 24.4 Å². The van der Waals surface area contributed by atoms with Crippen LogP contribution in [0.15, 0.2) is 24.3 Å². The number of carbonyl (C=O) groups excluding carboxylic acids is 2. The molecule has 3 aliphatic rings. The quantitative estimate of drug-likeness (QED) is 0.237. The Morgan fingerprint density at radius 1 is 1.02 bits per heavy atom. The maximum absolute atomic E-state index is 9.93. The average Bonchev–Trinajstić information content (AvgIpc) is 3.67. The van der Waals surface area contributed by atoms with Crippen LogP contribution in [0.2, 0.25) is 5.02 Å². The van der Waals surface area contributed by atoms with Crippen LogP contribution in [0.1, 0.15) is 112 Å². The maximum atomic E-state index is 9.93. The highest BCUT2D eigenvalue weighted by Crippen LogP contribution is 2.34. The van der Waals surface area contributed by atoms with Crippen molar-refractivity contribution in [3.63, 3.8) is 0 Å². The van der Waals surface area contributed by atoms with E-state index in [9.17, 15) is 9.59 Å². The molecule has 42 heavy (non-hydrogen) atoms. The molecule has 4 rings (SSSR count). The fourth-order valence-electron chi connectivity index (χ4n) is 4.63. The molecule has 1 aliphatic carbocycles. The van der Waals surface area contributed by atoms with Crippen LogP contribution in [0.5, 0.6) is 0 Å². The van der Waals surface area contributed by atoms with Crippen LogP contribution in [0.4, 0.5) is 0 Å². The minimum Gasteiger partial charge on any atom is -0.381 e. The van der Waals surface area contributed by atoms with E-state index in [4.69, 9.17) is 16.7 Å². The van der Waals surface area contributed by atoms with E-state index in [0.29, 0.717) is 22.8 Å². The second kappa shape index (κ2) is 22.8. The lowest BCUT2D eigenvalue weighted by Gasteiger charge is -2.34. The predicted molar refractivity (Wildman–Crippen MR) is 179 cm³/mol. The third-order valence-corrected chi connectivity index (χ3v) is 7.62. The summed E-state index contributed by atoms with van der Waals surface area (Å²) < 4.78 is 0. The molecule has 2 heterocycles. The highest BCUT2D eigenvalue weighted by Gasteiger charge is 2.26. The van der Waals surface area contributed by atoms with Crippen LogP contribution in [-0.2, 0) is 9.59 Å². The third kappa shape index (κ3) is 21.9. The van der Waals surface area contributed by atoms with Crippen LogP contribution in [-0.4, -0.2) is 79.8 Å². The molecular formula is C34H63ClN4O3. The number of aliphatic hydroxyl groups is 1. The molecular weight excluding hydrogens is 548 g/mol. The van der Waals surface area contributed by atoms with E-state index in [2.05, 4.69) is 64.3 Å². The lowest BCUT2D eigenvalue weighted by atomic mass is 9.76. The Kier molecular flexibility index (Phi) is 21.9. The minimum absolute atomic E-state index is 0.130. The summed E-state index contributed by atoms with van der Waals surface area (Å²) in [5.74, 6) is 0.697. The zero-order valence-corrected chi connectivity index (χ0v) is 28.8. The van der Waals surface area contributed by atoms with E-state index in [0.717, 1.165) is 57.1 Å². The van der Waals surface area contributed by atoms with Crippen LogP contribution >= 0.6 is 11.6 Å². The molecule has 1 unspecified atom stereocenters. The summed E-state index contributed by atoms with van der Waals surface area (Å²) in [6.45, 7) is 23.3. The van der Waals surface area contributed by atoms with E-state index < -0.39 is 0 Å². The monoisotopic (exact) mass is 610 g/mol. The first kappa shape index (κ1) is 40.3. The highest BCUT2D eigenvalue weighted by molar-refractivity contribution is 6.30. The van der Waals surface area contributed by atoms with Gasteiger partial charge in [0.05, 0.1) is 6.73 Å². The van der Waals surface area contributed by atoms with Crippen molar-refractivity contribution < 1.29 is 14.7 Å². The fraction of sp³-hybridized carbons (Fsp3) is 0.765. The number of benzene rings is 1. The van der Waals surface area contributed by atoms with Gasteiger partial charge < -0.3 is 20.2 Å². The zero-order chi connectivity index (χ0) is 32.0.